The Kier molecular flexibility index (Phi) is 9.94. The van der Waals surface area contributed by atoms with E-state index in [-0.39, 0.29) is 6.61 Å². The maximum absolute atomic E-state index is 9.06. The molecule has 0 rings (SSSR count). The van der Waals surface area contributed by atoms with Gasteiger partial charge in [0, 0.05) is 13.2 Å². The summed E-state index contributed by atoms with van der Waals surface area (Å²) in [7, 11) is 0. The molecule has 80 valence electrons. The van der Waals surface area contributed by atoms with Gasteiger partial charge in [-0.05, 0) is 25.2 Å². The molecule has 0 fully saturated rings. The van der Waals surface area contributed by atoms with Crippen molar-refractivity contribution < 1.29 is 10.2 Å². The van der Waals surface area contributed by atoms with Crippen molar-refractivity contribution in [3.05, 3.63) is 0 Å². The van der Waals surface area contributed by atoms with Crippen LogP contribution in [0.2, 0.25) is 0 Å². The highest BCUT2D eigenvalue weighted by molar-refractivity contribution is 4.58. The van der Waals surface area contributed by atoms with Crippen LogP contribution in [0.4, 0.5) is 0 Å². The van der Waals surface area contributed by atoms with E-state index in [9.17, 15) is 0 Å². The molecule has 0 radical (unpaired) electrons. The lowest BCUT2D eigenvalue weighted by Crippen LogP contribution is -2.06. The van der Waals surface area contributed by atoms with Crippen LogP contribution in [0, 0.1) is 5.92 Å². The Morgan fingerprint density at radius 1 is 0.923 bits per heavy atom. The molecule has 2 nitrogen and oxygen atoms in total. The molecule has 0 spiro atoms. The first kappa shape index (κ1) is 12.9. The maximum Gasteiger partial charge on any atom is 0.0459 e. The van der Waals surface area contributed by atoms with E-state index in [1.165, 1.54) is 19.3 Å². The predicted molar refractivity (Wildman–Crippen MR) is 55.7 cm³/mol. The Bertz CT molecular complexity index is 84.1. The lowest BCUT2D eigenvalue weighted by Gasteiger charge is -2.12. The summed E-state index contributed by atoms with van der Waals surface area (Å²) in [6.45, 7) is 2.79. The van der Waals surface area contributed by atoms with Gasteiger partial charge in [-0.15, -0.1) is 0 Å². The van der Waals surface area contributed by atoms with Crippen molar-refractivity contribution in [2.75, 3.05) is 13.2 Å². The normalized spacial score (nSPS) is 13.2. The number of aliphatic hydroxyl groups excluding tert-OH is 2. The van der Waals surface area contributed by atoms with Crippen molar-refractivity contribution in [1.29, 1.82) is 0 Å². The number of rotatable bonds is 9. The summed E-state index contributed by atoms with van der Waals surface area (Å²) in [4.78, 5) is 0. The summed E-state index contributed by atoms with van der Waals surface area (Å²) in [5, 5.41) is 17.7. The van der Waals surface area contributed by atoms with Crippen LogP contribution in [0.25, 0.3) is 0 Å². The number of hydrogen-bond acceptors (Lipinski definition) is 2. The molecule has 0 aliphatic carbocycles. The van der Waals surface area contributed by atoms with Crippen LogP contribution in [-0.2, 0) is 0 Å². The van der Waals surface area contributed by atoms with Crippen LogP contribution in [0.1, 0.15) is 51.9 Å². The maximum atomic E-state index is 9.06. The molecule has 1 unspecified atom stereocenters. The van der Waals surface area contributed by atoms with Crippen molar-refractivity contribution in [3.8, 4) is 0 Å². The van der Waals surface area contributed by atoms with Gasteiger partial charge in [0.05, 0.1) is 0 Å². The van der Waals surface area contributed by atoms with E-state index in [0.717, 1.165) is 25.7 Å². The third-order valence-corrected chi connectivity index (χ3v) is 2.49. The molecule has 2 N–H and O–H groups in total. The zero-order valence-corrected chi connectivity index (χ0v) is 8.84. The first-order valence-electron chi connectivity index (χ1n) is 5.56. The fraction of sp³-hybridized carbons (Fsp3) is 1.00. The van der Waals surface area contributed by atoms with Gasteiger partial charge in [0.25, 0.3) is 0 Å². The largest absolute Gasteiger partial charge is 0.396 e. The molecular weight excluding hydrogens is 164 g/mol. The quantitative estimate of drug-likeness (QED) is 0.545. The first-order chi connectivity index (χ1) is 6.35. The standard InChI is InChI=1S/C11H24O2/c1-2-3-4-7-11(10-13)8-5-6-9-12/h11-13H,2-10H2,1H3. The van der Waals surface area contributed by atoms with Crippen LogP contribution >= 0.6 is 0 Å². The van der Waals surface area contributed by atoms with E-state index in [2.05, 4.69) is 6.92 Å². The second-order valence-electron chi connectivity index (χ2n) is 3.76. The molecule has 0 heterocycles. The average molecular weight is 188 g/mol. The molecule has 0 aliphatic rings. The minimum absolute atomic E-state index is 0.285. The van der Waals surface area contributed by atoms with Gasteiger partial charge in [-0.2, -0.15) is 0 Å². The smallest absolute Gasteiger partial charge is 0.0459 e. The van der Waals surface area contributed by atoms with Gasteiger partial charge < -0.3 is 10.2 Å². The fourth-order valence-corrected chi connectivity index (χ4v) is 1.55. The van der Waals surface area contributed by atoms with Gasteiger partial charge in [-0.1, -0.05) is 32.6 Å². The highest BCUT2D eigenvalue weighted by Gasteiger charge is 2.05. The van der Waals surface area contributed by atoms with Crippen molar-refractivity contribution >= 4 is 0 Å². The molecule has 0 saturated heterocycles. The Labute approximate surface area is 82.0 Å². The van der Waals surface area contributed by atoms with Crippen LogP contribution in [0.15, 0.2) is 0 Å². The highest BCUT2D eigenvalue weighted by Crippen LogP contribution is 2.15. The van der Waals surface area contributed by atoms with Crippen LogP contribution in [0.5, 0.6) is 0 Å². The predicted octanol–water partition coefficient (Wildman–Crippen LogP) is 2.34. The molecule has 0 aromatic heterocycles. The minimum atomic E-state index is 0.285. The summed E-state index contributed by atoms with van der Waals surface area (Å²) in [5.41, 5.74) is 0. The van der Waals surface area contributed by atoms with Crippen molar-refractivity contribution in [2.45, 2.75) is 51.9 Å². The number of hydrogen-bond donors (Lipinski definition) is 2. The second kappa shape index (κ2) is 10.0. The molecule has 0 saturated carbocycles. The van der Waals surface area contributed by atoms with E-state index in [4.69, 9.17) is 10.2 Å². The second-order valence-corrected chi connectivity index (χ2v) is 3.76. The zero-order valence-electron chi connectivity index (χ0n) is 8.84. The third-order valence-electron chi connectivity index (χ3n) is 2.49. The van der Waals surface area contributed by atoms with Gasteiger partial charge in [-0.25, -0.2) is 0 Å². The molecule has 1 atom stereocenters. The summed E-state index contributed by atoms with van der Waals surface area (Å²) < 4.78 is 0. The number of aliphatic hydroxyl groups is 2. The van der Waals surface area contributed by atoms with Crippen LogP contribution < -0.4 is 0 Å². The minimum Gasteiger partial charge on any atom is -0.396 e. The van der Waals surface area contributed by atoms with E-state index >= 15 is 0 Å². The molecule has 2 heteroatoms. The van der Waals surface area contributed by atoms with Crippen molar-refractivity contribution in [2.24, 2.45) is 5.92 Å². The summed E-state index contributed by atoms with van der Waals surface area (Å²) >= 11 is 0. The molecule has 0 aromatic carbocycles. The van der Waals surface area contributed by atoms with Crippen molar-refractivity contribution in [1.82, 2.24) is 0 Å². The van der Waals surface area contributed by atoms with Gasteiger partial charge in [0.15, 0.2) is 0 Å². The molecule has 0 amide bonds. The Morgan fingerprint density at radius 2 is 1.54 bits per heavy atom. The van der Waals surface area contributed by atoms with Gasteiger partial charge in [-0.3, -0.25) is 0 Å². The monoisotopic (exact) mass is 188 g/mol. The van der Waals surface area contributed by atoms with Gasteiger partial charge >= 0.3 is 0 Å². The highest BCUT2D eigenvalue weighted by atomic mass is 16.3. The summed E-state index contributed by atoms with van der Waals surface area (Å²) in [5.74, 6) is 0.470. The average Bonchev–Trinajstić information content (AvgIpc) is 2.16. The lowest BCUT2D eigenvalue weighted by atomic mass is 9.96. The van der Waals surface area contributed by atoms with E-state index in [0.29, 0.717) is 12.5 Å². The SMILES string of the molecule is CCCCCC(CO)CCCCO. The Balaban J connectivity index is 3.28. The lowest BCUT2D eigenvalue weighted by molar-refractivity contribution is 0.199. The molecule has 0 bridgehead atoms. The van der Waals surface area contributed by atoms with Gasteiger partial charge in [0.2, 0.25) is 0 Å². The molecular formula is C11H24O2. The first-order valence-corrected chi connectivity index (χ1v) is 5.56. The van der Waals surface area contributed by atoms with E-state index in [1.54, 1.807) is 0 Å². The Hall–Kier alpha value is -0.0800. The Morgan fingerprint density at radius 3 is 2.00 bits per heavy atom. The van der Waals surface area contributed by atoms with Crippen LogP contribution in [0.3, 0.4) is 0 Å². The molecule has 0 aromatic rings. The molecule has 13 heavy (non-hydrogen) atoms. The van der Waals surface area contributed by atoms with Crippen molar-refractivity contribution in [3.63, 3.8) is 0 Å². The zero-order chi connectivity index (χ0) is 9.94. The fourth-order valence-electron chi connectivity index (χ4n) is 1.55. The summed E-state index contributed by atoms with van der Waals surface area (Å²) in [6, 6.07) is 0. The van der Waals surface area contributed by atoms with E-state index < -0.39 is 0 Å². The van der Waals surface area contributed by atoms with E-state index in [1.807, 2.05) is 0 Å². The van der Waals surface area contributed by atoms with Crippen LogP contribution in [-0.4, -0.2) is 23.4 Å². The van der Waals surface area contributed by atoms with Gasteiger partial charge in [0.1, 0.15) is 0 Å². The molecule has 0 aliphatic heterocycles. The topological polar surface area (TPSA) is 40.5 Å². The summed E-state index contributed by atoms with van der Waals surface area (Å²) in [6.07, 6.45) is 7.90. The third kappa shape index (κ3) is 8.26. The number of unbranched alkanes of at least 4 members (excludes halogenated alkanes) is 3.